The van der Waals surface area contributed by atoms with E-state index in [1.807, 2.05) is 0 Å². The lowest BCUT2D eigenvalue weighted by Gasteiger charge is -2.38. The van der Waals surface area contributed by atoms with Crippen molar-refractivity contribution in [2.45, 2.75) is 33.2 Å². The molecule has 0 aliphatic rings. The molecule has 1 rings (SSSR count). The number of hydrogen-bond donors (Lipinski definition) is 2. The molecule has 1 aromatic heterocycles. The van der Waals surface area contributed by atoms with Crippen LogP contribution in [0.4, 0.5) is 0 Å². The Morgan fingerprint density at radius 3 is 2.30 bits per heavy atom. The molecule has 7 heteroatoms. The van der Waals surface area contributed by atoms with Crippen molar-refractivity contribution in [3.63, 3.8) is 0 Å². The summed E-state index contributed by atoms with van der Waals surface area (Å²) >= 11 is 11.6. The third-order valence-electron chi connectivity index (χ3n) is 3.59. The number of aromatic nitrogens is 1. The van der Waals surface area contributed by atoms with E-state index in [0.29, 0.717) is 0 Å². The molecule has 2 N–H and O–H groups in total. The van der Waals surface area contributed by atoms with Crippen LogP contribution >= 0.6 is 23.2 Å². The predicted octanol–water partition coefficient (Wildman–Crippen LogP) is 3.01. The van der Waals surface area contributed by atoms with Crippen molar-refractivity contribution in [1.29, 1.82) is 0 Å². The SMILES string of the molecule is CC(C)(NC(=O)c1cc(Cl)ncc1Cl)C(C)(C)C(=O)O. The van der Waals surface area contributed by atoms with Crippen LogP contribution in [0.5, 0.6) is 0 Å². The molecule has 0 unspecified atom stereocenters. The maximum atomic E-state index is 12.2. The Bertz CT molecular complexity index is 557. The van der Waals surface area contributed by atoms with Gasteiger partial charge in [-0.3, -0.25) is 9.59 Å². The highest BCUT2D eigenvalue weighted by Crippen LogP contribution is 2.31. The van der Waals surface area contributed by atoms with Crippen LogP contribution in [0.25, 0.3) is 0 Å². The van der Waals surface area contributed by atoms with Crippen LogP contribution in [-0.4, -0.2) is 27.5 Å². The first-order valence-electron chi connectivity index (χ1n) is 5.86. The third-order valence-corrected chi connectivity index (χ3v) is 4.10. The molecule has 0 spiro atoms. The molecule has 110 valence electrons. The van der Waals surface area contributed by atoms with Gasteiger partial charge >= 0.3 is 5.97 Å². The second kappa shape index (κ2) is 5.58. The first kappa shape index (κ1) is 16.7. The van der Waals surface area contributed by atoms with E-state index in [4.69, 9.17) is 23.2 Å². The minimum Gasteiger partial charge on any atom is -0.481 e. The average molecular weight is 319 g/mol. The van der Waals surface area contributed by atoms with E-state index in [9.17, 15) is 14.7 Å². The van der Waals surface area contributed by atoms with E-state index in [2.05, 4.69) is 10.3 Å². The number of hydrogen-bond acceptors (Lipinski definition) is 3. The largest absolute Gasteiger partial charge is 0.481 e. The van der Waals surface area contributed by atoms with Crippen LogP contribution in [0.1, 0.15) is 38.1 Å². The fraction of sp³-hybridized carbons (Fsp3) is 0.462. The van der Waals surface area contributed by atoms with E-state index >= 15 is 0 Å². The summed E-state index contributed by atoms with van der Waals surface area (Å²) in [6, 6.07) is 1.34. The van der Waals surface area contributed by atoms with Crippen LogP contribution in [0.15, 0.2) is 12.3 Å². The summed E-state index contributed by atoms with van der Waals surface area (Å²) in [5.41, 5.74) is -2.00. The molecule has 0 radical (unpaired) electrons. The normalized spacial score (nSPS) is 12.1. The number of carboxylic acids is 1. The van der Waals surface area contributed by atoms with Gasteiger partial charge in [0.05, 0.1) is 21.5 Å². The highest BCUT2D eigenvalue weighted by molar-refractivity contribution is 6.35. The molecule has 0 saturated carbocycles. The van der Waals surface area contributed by atoms with E-state index < -0.39 is 22.8 Å². The van der Waals surface area contributed by atoms with Gasteiger partial charge in [0.15, 0.2) is 0 Å². The molecule has 0 bridgehead atoms. The van der Waals surface area contributed by atoms with Crippen molar-refractivity contribution in [3.8, 4) is 0 Å². The number of nitrogens with one attached hydrogen (secondary N) is 1. The number of pyridine rings is 1. The number of carbonyl (C=O) groups excluding carboxylic acids is 1. The standard InChI is InChI=1S/C13H16Cl2N2O3/c1-12(2,11(19)20)13(3,4)17-10(18)7-5-9(15)16-6-8(7)14/h5-6H,1-4H3,(H,17,18)(H,19,20). The van der Waals surface area contributed by atoms with Gasteiger partial charge in [0.2, 0.25) is 0 Å². The number of nitrogens with zero attached hydrogens (tertiary/aromatic N) is 1. The fourth-order valence-electron chi connectivity index (χ4n) is 1.36. The molecule has 0 aromatic carbocycles. The number of carboxylic acid groups (broad SMARTS) is 1. The van der Waals surface area contributed by atoms with Crippen molar-refractivity contribution >= 4 is 35.1 Å². The van der Waals surface area contributed by atoms with Crippen molar-refractivity contribution in [2.24, 2.45) is 5.41 Å². The van der Waals surface area contributed by atoms with Crippen molar-refractivity contribution in [1.82, 2.24) is 10.3 Å². The van der Waals surface area contributed by atoms with Gasteiger partial charge in [-0.25, -0.2) is 4.98 Å². The van der Waals surface area contributed by atoms with Gasteiger partial charge in [0.1, 0.15) is 5.15 Å². The monoisotopic (exact) mass is 318 g/mol. The quantitative estimate of drug-likeness (QED) is 0.836. The van der Waals surface area contributed by atoms with Gasteiger partial charge in [-0.2, -0.15) is 0 Å². The fourth-order valence-corrected chi connectivity index (χ4v) is 1.71. The second-order valence-electron chi connectivity index (χ2n) is 5.50. The molecule has 20 heavy (non-hydrogen) atoms. The molecule has 0 fully saturated rings. The summed E-state index contributed by atoms with van der Waals surface area (Å²) in [4.78, 5) is 27.3. The minimum absolute atomic E-state index is 0.134. The first-order valence-corrected chi connectivity index (χ1v) is 6.61. The summed E-state index contributed by atoms with van der Waals surface area (Å²) in [7, 11) is 0. The van der Waals surface area contributed by atoms with Crippen LogP contribution < -0.4 is 5.32 Å². The van der Waals surface area contributed by atoms with E-state index in [1.165, 1.54) is 26.1 Å². The Hall–Kier alpha value is -1.33. The molecule has 5 nitrogen and oxygen atoms in total. The van der Waals surface area contributed by atoms with Crippen molar-refractivity contribution < 1.29 is 14.7 Å². The second-order valence-corrected chi connectivity index (χ2v) is 6.29. The lowest BCUT2D eigenvalue weighted by atomic mass is 9.74. The Kier molecular flexibility index (Phi) is 4.66. The topological polar surface area (TPSA) is 79.3 Å². The molecule has 1 amide bonds. The van der Waals surface area contributed by atoms with Gasteiger partial charge in [0, 0.05) is 6.20 Å². The lowest BCUT2D eigenvalue weighted by molar-refractivity contribution is -0.150. The van der Waals surface area contributed by atoms with Crippen LogP contribution in [-0.2, 0) is 4.79 Å². The number of carbonyl (C=O) groups is 2. The molecular weight excluding hydrogens is 303 g/mol. The lowest BCUT2D eigenvalue weighted by Crippen LogP contribution is -2.57. The van der Waals surface area contributed by atoms with Crippen LogP contribution in [0.3, 0.4) is 0 Å². The zero-order valence-corrected chi connectivity index (χ0v) is 13.1. The summed E-state index contributed by atoms with van der Waals surface area (Å²) in [5.74, 6) is -1.51. The Balaban J connectivity index is 3.06. The molecule has 1 aromatic rings. The minimum atomic E-state index is -1.16. The third kappa shape index (κ3) is 3.22. The van der Waals surface area contributed by atoms with Gasteiger partial charge < -0.3 is 10.4 Å². The maximum Gasteiger partial charge on any atom is 0.311 e. The summed E-state index contributed by atoms with van der Waals surface area (Å²) in [5, 5.41) is 12.2. The Labute approximate surface area is 127 Å². The van der Waals surface area contributed by atoms with Gasteiger partial charge in [-0.1, -0.05) is 23.2 Å². The molecule has 1 heterocycles. The highest BCUT2D eigenvalue weighted by atomic mass is 35.5. The zero-order valence-electron chi connectivity index (χ0n) is 11.6. The van der Waals surface area contributed by atoms with Gasteiger partial charge in [-0.15, -0.1) is 0 Å². The average Bonchev–Trinajstić information content (AvgIpc) is 2.31. The first-order chi connectivity index (χ1) is 8.99. The molecule has 0 aliphatic heterocycles. The Morgan fingerprint density at radius 1 is 1.25 bits per heavy atom. The van der Waals surface area contributed by atoms with Gasteiger partial charge in [-0.05, 0) is 33.8 Å². The predicted molar refractivity (Wildman–Crippen MR) is 77.2 cm³/mol. The number of rotatable bonds is 4. The summed E-state index contributed by atoms with van der Waals surface area (Å²) in [6.07, 6.45) is 1.27. The molecular formula is C13H16Cl2N2O3. The highest BCUT2D eigenvalue weighted by Gasteiger charge is 2.44. The summed E-state index contributed by atoms with van der Waals surface area (Å²) < 4.78 is 0. The Morgan fingerprint density at radius 2 is 1.80 bits per heavy atom. The number of amides is 1. The van der Waals surface area contributed by atoms with Crippen molar-refractivity contribution in [2.75, 3.05) is 0 Å². The summed E-state index contributed by atoms with van der Waals surface area (Å²) in [6.45, 7) is 6.35. The molecule has 0 saturated heterocycles. The smallest absolute Gasteiger partial charge is 0.311 e. The maximum absolute atomic E-state index is 12.2. The molecule has 0 atom stereocenters. The van der Waals surface area contributed by atoms with Crippen molar-refractivity contribution in [3.05, 3.63) is 28.0 Å². The zero-order chi connectivity index (χ0) is 15.7. The van der Waals surface area contributed by atoms with E-state index in [0.717, 1.165) is 0 Å². The number of halogens is 2. The number of aliphatic carboxylic acids is 1. The molecule has 0 aliphatic carbocycles. The van der Waals surface area contributed by atoms with E-state index in [-0.39, 0.29) is 15.7 Å². The van der Waals surface area contributed by atoms with Gasteiger partial charge in [0.25, 0.3) is 5.91 Å². The van der Waals surface area contributed by atoms with E-state index in [1.54, 1.807) is 13.8 Å². The van der Waals surface area contributed by atoms with Crippen LogP contribution in [0, 0.1) is 5.41 Å². The van der Waals surface area contributed by atoms with Crippen LogP contribution in [0.2, 0.25) is 10.2 Å².